The second-order valence-electron chi connectivity index (χ2n) is 9.12. The predicted octanol–water partition coefficient (Wildman–Crippen LogP) is 5.02. The largest absolute Gasteiger partial charge is 0.506 e. The van der Waals surface area contributed by atoms with Gasteiger partial charge < -0.3 is 26.2 Å². The van der Waals surface area contributed by atoms with Gasteiger partial charge in [0.05, 0.1) is 11.6 Å². The van der Waals surface area contributed by atoms with E-state index < -0.39 is 6.10 Å². The Kier molecular flexibility index (Phi) is 7.03. The monoisotopic (exact) mass is 491 g/mol. The predicted molar refractivity (Wildman–Crippen MR) is 149 cm³/mol. The molecule has 5 rings (SSSR count). The summed E-state index contributed by atoms with van der Waals surface area (Å²) >= 11 is 0. The molecule has 5 aromatic rings. The number of hydrogen-bond donors (Lipinski definition) is 5. The molecule has 186 valence electrons. The van der Waals surface area contributed by atoms with Gasteiger partial charge in [-0.15, -0.1) is 0 Å². The fourth-order valence-electron chi connectivity index (χ4n) is 4.63. The number of hydrogen-bond acceptors (Lipinski definition) is 5. The molecule has 0 aliphatic heterocycles. The van der Waals surface area contributed by atoms with Gasteiger partial charge in [0.1, 0.15) is 5.75 Å². The quantitative estimate of drug-likeness (QED) is 0.155. The summed E-state index contributed by atoms with van der Waals surface area (Å²) < 4.78 is 0. The van der Waals surface area contributed by atoms with Crippen molar-refractivity contribution in [3.05, 3.63) is 119 Å². The van der Waals surface area contributed by atoms with E-state index in [4.69, 9.17) is 5.73 Å². The minimum atomic E-state index is -0.800. The first-order chi connectivity index (χ1) is 18.0. The first-order valence-electron chi connectivity index (χ1n) is 12.3. The van der Waals surface area contributed by atoms with Crippen LogP contribution in [0.15, 0.2) is 102 Å². The minimum Gasteiger partial charge on any atom is -0.506 e. The van der Waals surface area contributed by atoms with Gasteiger partial charge in [-0.3, -0.25) is 4.79 Å². The number of fused-ring (bicyclic) bond motifs is 1. The third-order valence-electron chi connectivity index (χ3n) is 6.62. The summed E-state index contributed by atoms with van der Waals surface area (Å²) in [5, 5.41) is 24.7. The molecule has 0 amide bonds. The highest BCUT2D eigenvalue weighted by molar-refractivity contribution is 5.87. The van der Waals surface area contributed by atoms with Gasteiger partial charge in [-0.2, -0.15) is 0 Å². The van der Waals surface area contributed by atoms with Crippen LogP contribution in [0, 0.1) is 0 Å². The van der Waals surface area contributed by atoms with Crippen LogP contribution in [0.25, 0.3) is 33.2 Å². The summed E-state index contributed by atoms with van der Waals surface area (Å²) in [4.78, 5) is 14.2. The molecule has 0 radical (unpaired) electrons. The number of phenols is 1. The van der Waals surface area contributed by atoms with Gasteiger partial charge >= 0.3 is 0 Å². The molecule has 0 spiro atoms. The Hall–Kier alpha value is -4.39. The standard InChI is InChI=1S/C31H29N3O3/c32-27-18-24(23-8-4-7-22(17-23)20-5-2-1-3-6-20)10-9-21(27)15-16-33-19-29(36)25-11-13-28(35)31-26(25)12-14-30(37)34-31/h1-14,17-18,29,33,35-36H,15-16,19,32H2,(H,34,37)/t29-/m0/s1. The van der Waals surface area contributed by atoms with E-state index in [2.05, 4.69) is 58.8 Å². The van der Waals surface area contributed by atoms with Crippen LogP contribution in [0.1, 0.15) is 17.2 Å². The summed E-state index contributed by atoms with van der Waals surface area (Å²) in [6.45, 7) is 0.959. The Bertz CT molecular complexity index is 1600. The third kappa shape index (κ3) is 5.40. The Morgan fingerprint density at radius 2 is 1.54 bits per heavy atom. The molecule has 1 heterocycles. The second-order valence-corrected chi connectivity index (χ2v) is 9.12. The van der Waals surface area contributed by atoms with Crippen molar-refractivity contribution in [2.75, 3.05) is 18.8 Å². The molecule has 0 unspecified atom stereocenters. The lowest BCUT2D eigenvalue weighted by molar-refractivity contribution is 0.176. The highest BCUT2D eigenvalue weighted by atomic mass is 16.3. The zero-order chi connectivity index (χ0) is 25.8. The molecule has 6 nitrogen and oxygen atoms in total. The lowest BCUT2D eigenvalue weighted by Gasteiger charge is -2.16. The molecule has 0 aliphatic carbocycles. The Balaban J connectivity index is 1.22. The van der Waals surface area contributed by atoms with Gasteiger partial charge in [-0.1, -0.05) is 66.7 Å². The number of H-pyrrole nitrogens is 1. The van der Waals surface area contributed by atoms with Crippen molar-refractivity contribution in [1.29, 1.82) is 0 Å². The first kappa shape index (κ1) is 24.3. The van der Waals surface area contributed by atoms with E-state index in [1.807, 2.05) is 24.3 Å². The number of pyridine rings is 1. The van der Waals surface area contributed by atoms with Crippen LogP contribution < -0.4 is 16.6 Å². The van der Waals surface area contributed by atoms with Crippen molar-refractivity contribution in [3.8, 4) is 28.0 Å². The molecule has 6 heteroatoms. The summed E-state index contributed by atoms with van der Waals surface area (Å²) in [5.74, 6) is -0.0256. The molecule has 37 heavy (non-hydrogen) atoms. The molecule has 4 aromatic carbocycles. The lowest BCUT2D eigenvalue weighted by atomic mass is 9.97. The maximum absolute atomic E-state index is 11.6. The number of aliphatic hydroxyl groups is 1. The zero-order valence-electron chi connectivity index (χ0n) is 20.3. The maximum Gasteiger partial charge on any atom is 0.248 e. The molecular formula is C31H29N3O3. The van der Waals surface area contributed by atoms with E-state index in [1.54, 1.807) is 12.1 Å². The highest BCUT2D eigenvalue weighted by Crippen LogP contribution is 2.30. The minimum absolute atomic E-state index is 0.0256. The van der Waals surface area contributed by atoms with E-state index in [9.17, 15) is 15.0 Å². The molecule has 6 N–H and O–H groups in total. The molecule has 0 aliphatic rings. The Labute approximate surface area is 215 Å². The topological polar surface area (TPSA) is 111 Å². The van der Waals surface area contributed by atoms with Crippen molar-refractivity contribution in [2.24, 2.45) is 0 Å². The third-order valence-corrected chi connectivity index (χ3v) is 6.62. The SMILES string of the molecule is Nc1cc(-c2cccc(-c3ccccc3)c2)ccc1CCNC[C@H](O)c1ccc(O)c2[nH]c(=O)ccc12. The Morgan fingerprint density at radius 3 is 2.32 bits per heavy atom. The van der Waals surface area contributed by atoms with Crippen LogP contribution in [0.5, 0.6) is 5.75 Å². The van der Waals surface area contributed by atoms with Crippen LogP contribution >= 0.6 is 0 Å². The fraction of sp³-hybridized carbons (Fsp3) is 0.129. The molecule has 0 saturated heterocycles. The average molecular weight is 492 g/mol. The van der Waals surface area contributed by atoms with E-state index in [0.717, 1.165) is 27.9 Å². The summed E-state index contributed by atoms with van der Waals surface area (Å²) in [6, 6.07) is 31.0. The number of aromatic hydroxyl groups is 1. The van der Waals surface area contributed by atoms with Crippen molar-refractivity contribution >= 4 is 16.6 Å². The number of rotatable bonds is 8. The second kappa shape index (κ2) is 10.7. The molecule has 0 bridgehead atoms. The van der Waals surface area contributed by atoms with Crippen molar-refractivity contribution in [2.45, 2.75) is 12.5 Å². The van der Waals surface area contributed by atoms with Crippen molar-refractivity contribution < 1.29 is 10.2 Å². The van der Waals surface area contributed by atoms with Crippen LogP contribution in [-0.2, 0) is 6.42 Å². The Morgan fingerprint density at radius 1 is 0.811 bits per heavy atom. The highest BCUT2D eigenvalue weighted by Gasteiger charge is 2.14. The summed E-state index contributed by atoms with van der Waals surface area (Å²) in [7, 11) is 0. The summed E-state index contributed by atoms with van der Waals surface area (Å²) in [6.07, 6.45) is -0.0855. The molecule has 0 fully saturated rings. The maximum atomic E-state index is 11.6. The van der Waals surface area contributed by atoms with Gasteiger partial charge in [-0.05, 0) is 70.6 Å². The van der Waals surface area contributed by atoms with Gasteiger partial charge in [0.25, 0.3) is 0 Å². The first-order valence-corrected chi connectivity index (χ1v) is 12.3. The number of aliphatic hydroxyl groups excluding tert-OH is 1. The van der Waals surface area contributed by atoms with Gasteiger partial charge in [0, 0.05) is 23.7 Å². The number of nitrogen functional groups attached to an aromatic ring is 1. The molecule has 1 atom stereocenters. The van der Waals surface area contributed by atoms with Gasteiger partial charge in [0.2, 0.25) is 5.56 Å². The molecular weight excluding hydrogens is 462 g/mol. The van der Waals surface area contributed by atoms with Crippen LogP contribution in [-0.4, -0.2) is 28.3 Å². The number of nitrogens with two attached hydrogens (primary N) is 1. The molecule has 1 aromatic heterocycles. The van der Waals surface area contributed by atoms with Crippen LogP contribution in [0.4, 0.5) is 5.69 Å². The number of nitrogens with one attached hydrogen (secondary N) is 2. The lowest BCUT2D eigenvalue weighted by Crippen LogP contribution is -2.24. The van der Waals surface area contributed by atoms with E-state index in [-0.39, 0.29) is 11.3 Å². The van der Waals surface area contributed by atoms with Crippen LogP contribution in [0.2, 0.25) is 0 Å². The van der Waals surface area contributed by atoms with E-state index >= 15 is 0 Å². The van der Waals surface area contributed by atoms with Crippen LogP contribution in [0.3, 0.4) is 0 Å². The summed E-state index contributed by atoms with van der Waals surface area (Å²) in [5.41, 5.74) is 13.4. The normalized spacial score (nSPS) is 12.0. The number of aromatic amines is 1. The van der Waals surface area contributed by atoms with E-state index in [0.29, 0.717) is 36.0 Å². The van der Waals surface area contributed by atoms with Crippen molar-refractivity contribution in [1.82, 2.24) is 10.3 Å². The number of anilines is 1. The van der Waals surface area contributed by atoms with Gasteiger partial charge in [-0.25, -0.2) is 0 Å². The smallest absolute Gasteiger partial charge is 0.248 e. The molecule has 0 saturated carbocycles. The van der Waals surface area contributed by atoms with E-state index in [1.165, 1.54) is 17.7 Å². The number of aromatic nitrogens is 1. The number of phenolic OH excluding ortho intramolecular Hbond substituents is 1. The van der Waals surface area contributed by atoms with Crippen molar-refractivity contribution in [3.63, 3.8) is 0 Å². The zero-order valence-corrected chi connectivity index (χ0v) is 20.3. The van der Waals surface area contributed by atoms with Gasteiger partial charge in [0.15, 0.2) is 0 Å². The fourth-order valence-corrected chi connectivity index (χ4v) is 4.63. The number of benzene rings is 4. The average Bonchev–Trinajstić information content (AvgIpc) is 2.92.